The molecule has 0 aliphatic heterocycles. The van der Waals surface area contributed by atoms with Gasteiger partial charge in [0, 0.05) is 11.1 Å². The number of nitrogens with zero attached hydrogens (tertiary/aromatic N) is 1. The fraction of sp³-hybridized carbons (Fsp3) is 0.0400. The maximum Gasteiger partial charge on any atom is 0.271 e. The summed E-state index contributed by atoms with van der Waals surface area (Å²) in [4.78, 5) is 12.5. The van der Waals surface area contributed by atoms with Crippen molar-refractivity contribution in [2.24, 2.45) is 5.10 Å². The molecule has 0 spiro atoms. The van der Waals surface area contributed by atoms with E-state index in [1.54, 1.807) is 12.3 Å². The average Bonchev–Trinajstić information content (AvgIpc) is 2.77. The lowest BCUT2D eigenvalue weighted by atomic mass is 10.0. The van der Waals surface area contributed by atoms with Crippen molar-refractivity contribution in [3.8, 4) is 18.1 Å². The molecule has 4 nitrogen and oxygen atoms in total. The van der Waals surface area contributed by atoms with Crippen molar-refractivity contribution in [2.75, 3.05) is 6.61 Å². The van der Waals surface area contributed by atoms with Crippen molar-refractivity contribution >= 4 is 33.7 Å². The van der Waals surface area contributed by atoms with Crippen LogP contribution >= 0.6 is 0 Å². The first-order valence-corrected chi connectivity index (χ1v) is 9.16. The van der Waals surface area contributed by atoms with Gasteiger partial charge in [-0.3, -0.25) is 4.79 Å². The highest BCUT2D eigenvalue weighted by Crippen LogP contribution is 2.26. The molecule has 0 heterocycles. The number of hydrazone groups is 1. The maximum atomic E-state index is 12.5. The van der Waals surface area contributed by atoms with Gasteiger partial charge in [0.2, 0.25) is 0 Å². The van der Waals surface area contributed by atoms with Crippen LogP contribution in [0.1, 0.15) is 15.9 Å². The molecule has 1 N–H and O–H groups in total. The first-order valence-electron chi connectivity index (χ1n) is 9.16. The van der Waals surface area contributed by atoms with E-state index in [1.165, 1.54) is 0 Å². The number of fused-ring (bicyclic) bond motifs is 2. The van der Waals surface area contributed by atoms with E-state index in [-0.39, 0.29) is 12.5 Å². The molecule has 0 bridgehead atoms. The maximum absolute atomic E-state index is 12.5. The minimum atomic E-state index is -0.279. The van der Waals surface area contributed by atoms with Gasteiger partial charge in [-0.25, -0.2) is 5.43 Å². The van der Waals surface area contributed by atoms with Gasteiger partial charge < -0.3 is 4.74 Å². The highest BCUT2D eigenvalue weighted by atomic mass is 16.5. The molecule has 4 heteroatoms. The monoisotopic (exact) mass is 378 g/mol. The van der Waals surface area contributed by atoms with E-state index in [2.05, 4.69) is 16.4 Å². The van der Waals surface area contributed by atoms with Crippen molar-refractivity contribution in [3.05, 3.63) is 90.0 Å². The quantitative estimate of drug-likeness (QED) is 0.309. The summed E-state index contributed by atoms with van der Waals surface area (Å²) >= 11 is 0. The number of ether oxygens (including phenoxy) is 1. The summed E-state index contributed by atoms with van der Waals surface area (Å²) < 4.78 is 5.64. The van der Waals surface area contributed by atoms with Crippen LogP contribution in [0.3, 0.4) is 0 Å². The summed E-state index contributed by atoms with van der Waals surface area (Å²) in [7, 11) is 0. The molecule has 0 saturated heterocycles. The zero-order valence-electron chi connectivity index (χ0n) is 15.6. The van der Waals surface area contributed by atoms with Gasteiger partial charge in [0.1, 0.15) is 12.4 Å². The lowest BCUT2D eigenvalue weighted by Crippen LogP contribution is -2.17. The summed E-state index contributed by atoms with van der Waals surface area (Å²) in [6.45, 7) is 0.155. The minimum Gasteiger partial charge on any atom is -0.480 e. The van der Waals surface area contributed by atoms with Gasteiger partial charge in [0.15, 0.2) is 0 Å². The van der Waals surface area contributed by atoms with Gasteiger partial charge in [-0.15, -0.1) is 6.42 Å². The minimum absolute atomic E-state index is 0.155. The van der Waals surface area contributed by atoms with Crippen LogP contribution in [0.4, 0.5) is 0 Å². The molecule has 0 atom stereocenters. The number of terminal acetylenes is 1. The first kappa shape index (κ1) is 18.3. The molecule has 4 rings (SSSR count). The number of nitrogens with one attached hydrogen (secondary N) is 1. The largest absolute Gasteiger partial charge is 0.480 e. The summed E-state index contributed by atoms with van der Waals surface area (Å²) in [6, 6.07) is 25.2. The van der Waals surface area contributed by atoms with Gasteiger partial charge in [-0.05, 0) is 39.7 Å². The highest BCUT2D eigenvalue weighted by Gasteiger charge is 2.08. The molecule has 4 aromatic carbocycles. The Kier molecular flexibility index (Phi) is 5.22. The molecule has 0 unspecified atom stereocenters. The summed E-state index contributed by atoms with van der Waals surface area (Å²) in [5, 5.41) is 8.25. The van der Waals surface area contributed by atoms with E-state index in [9.17, 15) is 4.79 Å². The van der Waals surface area contributed by atoms with Crippen LogP contribution in [0.5, 0.6) is 5.75 Å². The van der Waals surface area contributed by atoms with Crippen LogP contribution in [0.15, 0.2) is 84.0 Å². The van der Waals surface area contributed by atoms with Crippen LogP contribution in [0.25, 0.3) is 21.5 Å². The number of rotatable bonds is 5. The van der Waals surface area contributed by atoms with E-state index in [1.807, 2.05) is 72.8 Å². The Morgan fingerprint density at radius 2 is 1.69 bits per heavy atom. The highest BCUT2D eigenvalue weighted by molar-refractivity contribution is 6.03. The Balaban J connectivity index is 1.60. The zero-order valence-corrected chi connectivity index (χ0v) is 15.6. The smallest absolute Gasteiger partial charge is 0.271 e. The van der Waals surface area contributed by atoms with Crippen LogP contribution in [0, 0.1) is 12.3 Å². The van der Waals surface area contributed by atoms with Crippen LogP contribution in [-0.4, -0.2) is 18.7 Å². The third kappa shape index (κ3) is 3.95. The van der Waals surface area contributed by atoms with Gasteiger partial charge in [0.25, 0.3) is 5.91 Å². The van der Waals surface area contributed by atoms with Crippen molar-refractivity contribution in [1.82, 2.24) is 5.43 Å². The zero-order chi connectivity index (χ0) is 20.1. The Morgan fingerprint density at radius 1 is 0.966 bits per heavy atom. The standard InChI is InChI=1S/C25H18N2O2/c1-2-15-29-24-14-13-19-8-5-6-10-22(19)23(24)17-26-27-25(28)21-12-11-18-7-3-4-9-20(18)16-21/h1,3-14,16-17H,15H2,(H,27,28)/b26-17-. The van der Waals surface area contributed by atoms with Gasteiger partial charge in [-0.1, -0.05) is 66.6 Å². The molecule has 0 aliphatic rings. The number of carbonyl (C=O) groups excluding carboxylic acids is 1. The fourth-order valence-electron chi connectivity index (χ4n) is 3.20. The second-order valence-electron chi connectivity index (χ2n) is 6.45. The molecule has 0 fully saturated rings. The van der Waals surface area contributed by atoms with Crippen molar-refractivity contribution < 1.29 is 9.53 Å². The predicted octanol–water partition coefficient (Wildman–Crippen LogP) is 4.77. The van der Waals surface area contributed by atoms with Gasteiger partial charge >= 0.3 is 0 Å². The topological polar surface area (TPSA) is 50.7 Å². The van der Waals surface area contributed by atoms with Crippen molar-refractivity contribution in [1.29, 1.82) is 0 Å². The van der Waals surface area contributed by atoms with Gasteiger partial charge in [0.05, 0.1) is 6.21 Å². The normalized spacial score (nSPS) is 10.9. The first-order chi connectivity index (χ1) is 14.3. The molecule has 140 valence electrons. The van der Waals surface area contributed by atoms with Crippen molar-refractivity contribution in [2.45, 2.75) is 0 Å². The number of benzene rings is 4. The van der Waals surface area contributed by atoms with E-state index in [0.717, 1.165) is 27.1 Å². The van der Waals surface area contributed by atoms with Crippen LogP contribution in [0.2, 0.25) is 0 Å². The SMILES string of the molecule is C#CCOc1ccc2ccccc2c1/C=N\NC(=O)c1ccc2ccccc2c1. The molecule has 0 aliphatic carbocycles. The second kappa shape index (κ2) is 8.28. The lowest BCUT2D eigenvalue weighted by molar-refractivity contribution is 0.0955. The molecule has 1 amide bonds. The lowest BCUT2D eigenvalue weighted by Gasteiger charge is -2.10. The second-order valence-corrected chi connectivity index (χ2v) is 6.45. The number of amides is 1. The Morgan fingerprint density at radius 3 is 2.52 bits per heavy atom. The van der Waals surface area contributed by atoms with Crippen LogP contribution < -0.4 is 10.2 Å². The molecular formula is C25H18N2O2. The molecule has 0 saturated carbocycles. The Labute approximate surface area is 168 Å². The van der Waals surface area contributed by atoms with E-state index < -0.39 is 0 Å². The van der Waals surface area contributed by atoms with Gasteiger partial charge in [-0.2, -0.15) is 5.10 Å². The predicted molar refractivity (Wildman–Crippen MR) is 117 cm³/mol. The third-order valence-electron chi connectivity index (χ3n) is 4.61. The summed E-state index contributed by atoms with van der Waals surface area (Å²) in [6.07, 6.45) is 6.91. The summed E-state index contributed by atoms with van der Waals surface area (Å²) in [5.41, 5.74) is 3.90. The number of hydrogen-bond donors (Lipinski definition) is 1. The molecule has 0 radical (unpaired) electrons. The fourth-order valence-corrected chi connectivity index (χ4v) is 3.20. The summed E-state index contributed by atoms with van der Waals surface area (Å²) in [5.74, 6) is 2.80. The number of carbonyl (C=O) groups is 1. The van der Waals surface area contributed by atoms with Crippen molar-refractivity contribution in [3.63, 3.8) is 0 Å². The Bertz CT molecular complexity index is 1270. The molecular weight excluding hydrogens is 360 g/mol. The molecule has 0 aromatic heterocycles. The molecule has 4 aromatic rings. The third-order valence-corrected chi connectivity index (χ3v) is 4.61. The van der Waals surface area contributed by atoms with Crippen LogP contribution in [-0.2, 0) is 0 Å². The molecule has 29 heavy (non-hydrogen) atoms. The Hall–Kier alpha value is -4.10. The van der Waals surface area contributed by atoms with E-state index in [0.29, 0.717) is 11.3 Å². The van der Waals surface area contributed by atoms with E-state index >= 15 is 0 Å². The number of hydrogen-bond acceptors (Lipinski definition) is 3. The van der Waals surface area contributed by atoms with E-state index in [4.69, 9.17) is 11.2 Å². The average molecular weight is 378 g/mol.